The van der Waals surface area contributed by atoms with Crippen LogP contribution in [0.1, 0.15) is 31.0 Å². The number of aryl methyl sites for hydroxylation is 1. The highest BCUT2D eigenvalue weighted by Gasteiger charge is 2.16. The summed E-state index contributed by atoms with van der Waals surface area (Å²) in [6.45, 7) is 5.74. The standard InChI is InChI=1S/C19H19BrN4O2/c1-11(2)18-15-8-13(20)4-5-14(15)19(26)24(23-18)10-17(25)22-16-6-7-21-9-12(16)3/h4-9,11H,10H2,1-3H3,(H,21,22,25). The van der Waals surface area contributed by atoms with Gasteiger partial charge in [-0.1, -0.05) is 29.8 Å². The van der Waals surface area contributed by atoms with Gasteiger partial charge in [-0.3, -0.25) is 14.6 Å². The summed E-state index contributed by atoms with van der Waals surface area (Å²) in [7, 11) is 0. The van der Waals surface area contributed by atoms with Gasteiger partial charge in [0.25, 0.3) is 5.56 Å². The summed E-state index contributed by atoms with van der Waals surface area (Å²) in [4.78, 5) is 29.2. The van der Waals surface area contributed by atoms with Crippen molar-refractivity contribution in [1.29, 1.82) is 0 Å². The van der Waals surface area contributed by atoms with Gasteiger partial charge in [-0.15, -0.1) is 0 Å². The zero-order valence-corrected chi connectivity index (χ0v) is 16.4. The van der Waals surface area contributed by atoms with Crippen molar-refractivity contribution in [1.82, 2.24) is 14.8 Å². The monoisotopic (exact) mass is 414 g/mol. The van der Waals surface area contributed by atoms with E-state index >= 15 is 0 Å². The SMILES string of the molecule is Cc1cnccc1NC(=O)Cn1nc(C(C)C)c2cc(Br)ccc2c1=O. The lowest BCUT2D eigenvalue weighted by Gasteiger charge is -2.14. The molecular weight excluding hydrogens is 396 g/mol. The van der Waals surface area contributed by atoms with Gasteiger partial charge in [0, 0.05) is 27.9 Å². The summed E-state index contributed by atoms with van der Waals surface area (Å²) >= 11 is 3.44. The maximum absolute atomic E-state index is 12.8. The van der Waals surface area contributed by atoms with Crippen LogP contribution in [-0.4, -0.2) is 20.7 Å². The Hall–Kier alpha value is -2.54. The summed E-state index contributed by atoms with van der Waals surface area (Å²) in [5.41, 5.74) is 2.03. The van der Waals surface area contributed by atoms with Crippen LogP contribution in [0.5, 0.6) is 0 Å². The molecule has 134 valence electrons. The molecule has 1 amide bonds. The first-order valence-corrected chi connectivity index (χ1v) is 9.07. The quantitative estimate of drug-likeness (QED) is 0.706. The molecule has 0 aliphatic carbocycles. The third kappa shape index (κ3) is 3.67. The topological polar surface area (TPSA) is 76.9 Å². The van der Waals surface area contributed by atoms with Crippen molar-refractivity contribution in [3.63, 3.8) is 0 Å². The Morgan fingerprint density at radius 3 is 2.73 bits per heavy atom. The Balaban J connectivity index is 1.99. The van der Waals surface area contributed by atoms with Gasteiger partial charge in [-0.2, -0.15) is 5.10 Å². The van der Waals surface area contributed by atoms with E-state index in [-0.39, 0.29) is 23.9 Å². The number of nitrogens with zero attached hydrogens (tertiary/aromatic N) is 3. The van der Waals surface area contributed by atoms with E-state index in [9.17, 15) is 9.59 Å². The number of nitrogens with one attached hydrogen (secondary N) is 1. The second kappa shape index (κ2) is 7.37. The van der Waals surface area contributed by atoms with Crippen LogP contribution in [0.25, 0.3) is 10.8 Å². The normalized spacial score (nSPS) is 11.1. The minimum Gasteiger partial charge on any atom is -0.324 e. The number of halogens is 1. The van der Waals surface area contributed by atoms with Crippen molar-refractivity contribution in [2.24, 2.45) is 0 Å². The lowest BCUT2D eigenvalue weighted by atomic mass is 10.0. The van der Waals surface area contributed by atoms with Crippen LogP contribution in [0.4, 0.5) is 5.69 Å². The van der Waals surface area contributed by atoms with Crippen LogP contribution < -0.4 is 10.9 Å². The van der Waals surface area contributed by atoms with Crippen LogP contribution in [-0.2, 0) is 11.3 Å². The second-order valence-electron chi connectivity index (χ2n) is 6.43. The van der Waals surface area contributed by atoms with Crippen LogP contribution in [0.15, 0.2) is 45.9 Å². The number of aromatic nitrogens is 3. The summed E-state index contributed by atoms with van der Waals surface area (Å²) in [5.74, 6) is -0.191. The number of rotatable bonds is 4. The summed E-state index contributed by atoms with van der Waals surface area (Å²) < 4.78 is 2.12. The van der Waals surface area contributed by atoms with Gasteiger partial charge in [0.1, 0.15) is 6.54 Å². The molecule has 0 spiro atoms. The largest absolute Gasteiger partial charge is 0.324 e. The molecule has 6 nitrogen and oxygen atoms in total. The summed E-state index contributed by atoms with van der Waals surface area (Å²) in [6, 6.07) is 7.19. The first-order chi connectivity index (χ1) is 12.4. The molecule has 0 fully saturated rings. The first kappa shape index (κ1) is 18.3. The number of carbonyl (C=O) groups excluding carboxylic acids is 1. The minimum atomic E-state index is -0.305. The molecular formula is C19H19BrN4O2. The number of fused-ring (bicyclic) bond motifs is 1. The van der Waals surface area contributed by atoms with Crippen molar-refractivity contribution >= 4 is 38.3 Å². The molecule has 1 N–H and O–H groups in total. The van der Waals surface area contributed by atoms with Gasteiger partial charge in [0.15, 0.2) is 0 Å². The molecule has 3 aromatic rings. The maximum Gasteiger partial charge on any atom is 0.275 e. The molecule has 7 heteroatoms. The summed E-state index contributed by atoms with van der Waals surface area (Å²) in [6.07, 6.45) is 3.28. The predicted octanol–water partition coefficient (Wildman–Crippen LogP) is 3.62. The molecule has 0 aliphatic heterocycles. The van der Waals surface area contributed by atoms with Crippen molar-refractivity contribution in [2.75, 3.05) is 5.32 Å². The molecule has 0 saturated carbocycles. The second-order valence-corrected chi connectivity index (χ2v) is 7.35. The lowest BCUT2D eigenvalue weighted by molar-refractivity contribution is -0.117. The number of pyridine rings is 1. The van der Waals surface area contributed by atoms with Gasteiger partial charge in [0.2, 0.25) is 5.91 Å². The van der Waals surface area contributed by atoms with Crippen LogP contribution >= 0.6 is 15.9 Å². The first-order valence-electron chi connectivity index (χ1n) is 8.27. The van der Waals surface area contributed by atoms with Gasteiger partial charge in [-0.05, 0) is 42.7 Å². The minimum absolute atomic E-state index is 0.115. The van der Waals surface area contributed by atoms with Gasteiger partial charge >= 0.3 is 0 Å². The van der Waals surface area contributed by atoms with Gasteiger partial charge < -0.3 is 5.32 Å². The van der Waals surface area contributed by atoms with E-state index in [1.807, 2.05) is 32.9 Å². The van der Waals surface area contributed by atoms with Crippen molar-refractivity contribution in [3.05, 3.63) is 62.7 Å². The van der Waals surface area contributed by atoms with Gasteiger partial charge in [0.05, 0.1) is 11.1 Å². The summed E-state index contributed by atoms with van der Waals surface area (Å²) in [5, 5.41) is 8.62. The van der Waals surface area contributed by atoms with Crippen molar-refractivity contribution < 1.29 is 4.79 Å². The van der Waals surface area contributed by atoms with Gasteiger partial charge in [-0.25, -0.2) is 4.68 Å². The van der Waals surface area contributed by atoms with E-state index in [4.69, 9.17) is 0 Å². The lowest BCUT2D eigenvalue weighted by Crippen LogP contribution is -2.31. The molecule has 2 aromatic heterocycles. The highest BCUT2D eigenvalue weighted by molar-refractivity contribution is 9.10. The Bertz CT molecular complexity index is 1040. The average Bonchev–Trinajstić information content (AvgIpc) is 2.59. The fourth-order valence-electron chi connectivity index (χ4n) is 2.76. The number of anilines is 1. The van der Waals surface area contributed by atoms with Crippen LogP contribution in [0.3, 0.4) is 0 Å². The van der Waals surface area contributed by atoms with Crippen LogP contribution in [0, 0.1) is 6.92 Å². The predicted molar refractivity (Wildman–Crippen MR) is 105 cm³/mol. The number of carbonyl (C=O) groups is 1. The fourth-order valence-corrected chi connectivity index (χ4v) is 3.12. The molecule has 0 unspecified atom stereocenters. The Morgan fingerprint density at radius 1 is 1.27 bits per heavy atom. The Morgan fingerprint density at radius 2 is 2.04 bits per heavy atom. The molecule has 26 heavy (non-hydrogen) atoms. The highest BCUT2D eigenvalue weighted by atomic mass is 79.9. The van der Waals surface area contributed by atoms with E-state index in [2.05, 4.69) is 31.3 Å². The smallest absolute Gasteiger partial charge is 0.275 e. The number of benzene rings is 1. The van der Waals surface area contributed by atoms with E-state index in [0.717, 1.165) is 21.1 Å². The third-order valence-electron chi connectivity index (χ3n) is 4.09. The van der Waals surface area contributed by atoms with Crippen LogP contribution in [0.2, 0.25) is 0 Å². The molecule has 0 bridgehead atoms. The maximum atomic E-state index is 12.8. The van der Waals surface area contributed by atoms with E-state index in [0.29, 0.717) is 11.1 Å². The number of amides is 1. The number of hydrogen-bond donors (Lipinski definition) is 1. The molecule has 2 heterocycles. The van der Waals surface area contributed by atoms with E-state index in [1.54, 1.807) is 24.5 Å². The van der Waals surface area contributed by atoms with Crippen molar-refractivity contribution in [2.45, 2.75) is 33.2 Å². The number of hydrogen-bond acceptors (Lipinski definition) is 4. The average molecular weight is 415 g/mol. The molecule has 1 aromatic carbocycles. The zero-order chi connectivity index (χ0) is 18.8. The molecule has 0 atom stereocenters. The van der Waals surface area contributed by atoms with E-state index < -0.39 is 0 Å². The third-order valence-corrected chi connectivity index (χ3v) is 4.58. The molecule has 0 aliphatic rings. The van der Waals surface area contributed by atoms with Crippen molar-refractivity contribution in [3.8, 4) is 0 Å². The van der Waals surface area contributed by atoms with E-state index in [1.165, 1.54) is 4.68 Å². The molecule has 3 rings (SSSR count). The Labute approximate surface area is 159 Å². The molecule has 0 saturated heterocycles. The molecule has 0 radical (unpaired) electrons. The fraction of sp³-hybridized carbons (Fsp3) is 0.263. The highest BCUT2D eigenvalue weighted by Crippen LogP contribution is 2.24. The zero-order valence-electron chi connectivity index (χ0n) is 14.8. The Kier molecular flexibility index (Phi) is 5.18.